The van der Waals surface area contributed by atoms with Gasteiger partial charge in [-0.15, -0.1) is 0 Å². The van der Waals surface area contributed by atoms with Gasteiger partial charge in [-0.3, -0.25) is 4.79 Å². The third-order valence-electron chi connectivity index (χ3n) is 4.38. The van der Waals surface area contributed by atoms with Crippen LogP contribution in [0.1, 0.15) is 53.7 Å². The average Bonchev–Trinajstić information content (AvgIpc) is 2.64. The third kappa shape index (κ3) is 2.52. The van der Waals surface area contributed by atoms with Crippen LogP contribution in [0.3, 0.4) is 0 Å². The first-order chi connectivity index (χ1) is 9.13. The fourth-order valence-corrected chi connectivity index (χ4v) is 3.06. The molecule has 19 heavy (non-hydrogen) atoms. The normalized spacial score (nSPS) is 26.7. The molecule has 0 radical (unpaired) electrons. The second-order valence-electron chi connectivity index (χ2n) is 6.01. The zero-order chi connectivity index (χ0) is 13.4. The Bertz CT molecular complexity index is 510. The summed E-state index contributed by atoms with van der Waals surface area (Å²) in [7, 11) is 0. The number of rotatable bonds is 0. The van der Waals surface area contributed by atoms with Crippen LogP contribution in [0.5, 0.6) is 0 Å². The molecule has 0 bridgehead atoms. The topological polar surface area (TPSA) is 41.1 Å². The molecule has 3 nitrogen and oxygen atoms in total. The van der Waals surface area contributed by atoms with Gasteiger partial charge in [0.2, 0.25) is 0 Å². The number of hydrogen-bond acceptors (Lipinski definition) is 2. The zero-order valence-electron chi connectivity index (χ0n) is 11.8. The molecule has 0 aliphatic carbocycles. The van der Waals surface area contributed by atoms with E-state index in [2.05, 4.69) is 36.6 Å². The standard InChI is InChI=1S/C16H22N2O/c1-10-3-5-12-8-15-13(7-14(12)9-17-10)6-4-11(2)18-16(15)19/h7-8,10-11,17H,3-6,9H2,1-2H3,(H,18,19). The fraction of sp³-hybridized carbons (Fsp3) is 0.562. The van der Waals surface area contributed by atoms with Gasteiger partial charge in [0, 0.05) is 24.2 Å². The number of carbonyl (C=O) groups is 1. The second kappa shape index (κ2) is 4.97. The molecule has 102 valence electrons. The lowest BCUT2D eigenvalue weighted by molar-refractivity contribution is 0.0942. The third-order valence-corrected chi connectivity index (χ3v) is 4.38. The molecule has 0 fully saturated rings. The van der Waals surface area contributed by atoms with E-state index in [1.54, 1.807) is 0 Å². The van der Waals surface area contributed by atoms with Crippen molar-refractivity contribution in [3.05, 3.63) is 34.4 Å². The minimum absolute atomic E-state index is 0.105. The smallest absolute Gasteiger partial charge is 0.251 e. The van der Waals surface area contributed by atoms with Crippen molar-refractivity contribution in [1.82, 2.24) is 10.6 Å². The summed E-state index contributed by atoms with van der Waals surface area (Å²) < 4.78 is 0. The number of hydrogen-bond donors (Lipinski definition) is 2. The second-order valence-corrected chi connectivity index (χ2v) is 6.01. The van der Waals surface area contributed by atoms with Crippen LogP contribution in [0.2, 0.25) is 0 Å². The number of fused-ring (bicyclic) bond motifs is 2. The first-order valence-corrected chi connectivity index (χ1v) is 7.32. The Morgan fingerprint density at radius 1 is 1.00 bits per heavy atom. The van der Waals surface area contributed by atoms with Crippen LogP contribution in [0.25, 0.3) is 0 Å². The summed E-state index contributed by atoms with van der Waals surface area (Å²) in [6.07, 6.45) is 4.24. The van der Waals surface area contributed by atoms with E-state index >= 15 is 0 Å². The van der Waals surface area contributed by atoms with E-state index in [0.29, 0.717) is 6.04 Å². The highest BCUT2D eigenvalue weighted by Crippen LogP contribution is 2.25. The molecule has 2 aliphatic rings. The van der Waals surface area contributed by atoms with Crippen LogP contribution in [-0.4, -0.2) is 18.0 Å². The summed E-state index contributed by atoms with van der Waals surface area (Å²) in [5.74, 6) is 0.105. The minimum atomic E-state index is 0.105. The predicted octanol–water partition coefficient (Wildman–Crippen LogP) is 2.18. The Balaban J connectivity index is 2.00. The summed E-state index contributed by atoms with van der Waals surface area (Å²) in [5, 5.41) is 6.62. The quantitative estimate of drug-likeness (QED) is 0.749. The lowest BCUT2D eigenvalue weighted by Gasteiger charge is -2.12. The molecule has 1 aromatic carbocycles. The summed E-state index contributed by atoms with van der Waals surface area (Å²) in [6, 6.07) is 5.23. The van der Waals surface area contributed by atoms with Crippen LogP contribution in [0.4, 0.5) is 0 Å². The molecule has 2 unspecified atom stereocenters. The van der Waals surface area contributed by atoms with E-state index in [1.165, 1.54) is 16.7 Å². The minimum Gasteiger partial charge on any atom is -0.350 e. The van der Waals surface area contributed by atoms with E-state index in [4.69, 9.17) is 0 Å². The zero-order valence-corrected chi connectivity index (χ0v) is 11.8. The number of carbonyl (C=O) groups excluding carboxylic acids is 1. The van der Waals surface area contributed by atoms with Crippen LogP contribution in [0.15, 0.2) is 12.1 Å². The van der Waals surface area contributed by atoms with Gasteiger partial charge in [-0.1, -0.05) is 6.07 Å². The Morgan fingerprint density at radius 2 is 1.74 bits per heavy atom. The number of aryl methyl sites for hydroxylation is 2. The van der Waals surface area contributed by atoms with Crippen LogP contribution in [-0.2, 0) is 19.4 Å². The summed E-state index contributed by atoms with van der Waals surface area (Å²) >= 11 is 0. The summed E-state index contributed by atoms with van der Waals surface area (Å²) in [5.41, 5.74) is 4.85. The van der Waals surface area contributed by atoms with Crippen molar-refractivity contribution < 1.29 is 4.79 Å². The largest absolute Gasteiger partial charge is 0.350 e. The molecule has 0 spiro atoms. The molecule has 0 saturated carbocycles. The van der Waals surface area contributed by atoms with Gasteiger partial charge in [0.25, 0.3) is 5.91 Å². The van der Waals surface area contributed by atoms with Crippen LogP contribution < -0.4 is 10.6 Å². The van der Waals surface area contributed by atoms with E-state index in [9.17, 15) is 4.79 Å². The maximum Gasteiger partial charge on any atom is 0.251 e. The lowest BCUT2D eigenvalue weighted by atomic mass is 9.94. The molecule has 2 aliphatic heterocycles. The van der Waals surface area contributed by atoms with Gasteiger partial charge < -0.3 is 10.6 Å². The molecule has 0 saturated heterocycles. The highest BCUT2D eigenvalue weighted by atomic mass is 16.1. The van der Waals surface area contributed by atoms with Crippen LogP contribution in [0, 0.1) is 0 Å². The van der Waals surface area contributed by atoms with Gasteiger partial charge in [-0.2, -0.15) is 0 Å². The summed E-state index contributed by atoms with van der Waals surface area (Å²) in [6.45, 7) is 5.24. The molecule has 2 heterocycles. The molecule has 3 rings (SSSR count). The maximum atomic E-state index is 12.2. The van der Waals surface area contributed by atoms with Crippen molar-refractivity contribution in [2.75, 3.05) is 0 Å². The molecule has 0 aromatic heterocycles. The molecule has 1 amide bonds. The van der Waals surface area contributed by atoms with Crippen LogP contribution >= 0.6 is 0 Å². The summed E-state index contributed by atoms with van der Waals surface area (Å²) in [4.78, 5) is 12.2. The highest BCUT2D eigenvalue weighted by molar-refractivity contribution is 5.96. The van der Waals surface area contributed by atoms with E-state index in [1.807, 2.05) is 0 Å². The lowest BCUT2D eigenvalue weighted by Crippen LogP contribution is -2.30. The molecule has 1 aromatic rings. The van der Waals surface area contributed by atoms with Gasteiger partial charge in [0.15, 0.2) is 0 Å². The molecular weight excluding hydrogens is 236 g/mol. The molecule has 2 N–H and O–H groups in total. The SMILES string of the molecule is CC1CCc2cc3c(cc2CN1)CCC(C)NC3=O. The molecular formula is C16H22N2O. The Kier molecular flexibility index (Phi) is 3.31. The van der Waals surface area contributed by atoms with Gasteiger partial charge >= 0.3 is 0 Å². The fourth-order valence-electron chi connectivity index (χ4n) is 3.06. The van der Waals surface area contributed by atoms with Gasteiger partial charge in [0.1, 0.15) is 0 Å². The van der Waals surface area contributed by atoms with Crippen molar-refractivity contribution in [2.45, 2.75) is 58.2 Å². The Morgan fingerprint density at radius 3 is 2.58 bits per heavy atom. The van der Waals surface area contributed by atoms with Gasteiger partial charge in [-0.25, -0.2) is 0 Å². The van der Waals surface area contributed by atoms with Gasteiger partial charge in [-0.05, 0) is 62.3 Å². The van der Waals surface area contributed by atoms with Crippen molar-refractivity contribution >= 4 is 5.91 Å². The predicted molar refractivity (Wildman–Crippen MR) is 76.3 cm³/mol. The highest BCUT2D eigenvalue weighted by Gasteiger charge is 2.22. The van der Waals surface area contributed by atoms with E-state index < -0.39 is 0 Å². The first-order valence-electron chi connectivity index (χ1n) is 7.32. The Hall–Kier alpha value is -1.35. The number of amides is 1. The maximum absolute atomic E-state index is 12.2. The van der Waals surface area contributed by atoms with E-state index in [0.717, 1.165) is 37.8 Å². The Labute approximate surface area is 114 Å². The van der Waals surface area contributed by atoms with Crippen molar-refractivity contribution in [1.29, 1.82) is 0 Å². The van der Waals surface area contributed by atoms with Gasteiger partial charge in [0.05, 0.1) is 0 Å². The number of nitrogens with one attached hydrogen (secondary N) is 2. The monoisotopic (exact) mass is 258 g/mol. The average molecular weight is 258 g/mol. The van der Waals surface area contributed by atoms with Crippen molar-refractivity contribution in [3.8, 4) is 0 Å². The first kappa shape index (κ1) is 12.7. The van der Waals surface area contributed by atoms with E-state index in [-0.39, 0.29) is 11.9 Å². The van der Waals surface area contributed by atoms with Crippen molar-refractivity contribution in [2.24, 2.45) is 0 Å². The molecule has 2 atom stereocenters. The number of benzene rings is 1. The molecule has 3 heteroatoms. The van der Waals surface area contributed by atoms with Crippen molar-refractivity contribution in [3.63, 3.8) is 0 Å².